The highest BCUT2D eigenvalue weighted by Gasteiger charge is 2.35. The summed E-state index contributed by atoms with van der Waals surface area (Å²) >= 11 is 0. The Hall–Kier alpha value is -3.59. The van der Waals surface area contributed by atoms with Crippen LogP contribution in [0.15, 0.2) is 36.4 Å². The van der Waals surface area contributed by atoms with Gasteiger partial charge in [-0.1, -0.05) is 56.0 Å². The van der Waals surface area contributed by atoms with Crippen molar-refractivity contribution in [2.45, 2.75) is 109 Å². The molecule has 0 spiro atoms. The maximum Gasteiger partial charge on any atom is 0.410 e. The number of para-hydroxylation sites is 1. The van der Waals surface area contributed by atoms with Gasteiger partial charge in [0.2, 0.25) is 5.91 Å². The monoisotopic (exact) mass is 672 g/mol. The summed E-state index contributed by atoms with van der Waals surface area (Å²) in [5.74, 6) is 0.698. The first kappa shape index (κ1) is 35.2. The largest absolute Gasteiger partial charge is 0.507 e. The van der Waals surface area contributed by atoms with E-state index >= 15 is 0 Å². The summed E-state index contributed by atoms with van der Waals surface area (Å²) in [5.41, 5.74) is 4.51. The van der Waals surface area contributed by atoms with Gasteiger partial charge >= 0.3 is 6.09 Å². The molecule has 1 unspecified atom stereocenters. The number of anilines is 1. The molecule has 1 saturated carbocycles. The molecule has 6 rings (SSSR count). The number of hydrogen-bond acceptors (Lipinski definition) is 6. The van der Waals surface area contributed by atoms with Crippen LogP contribution in [0.5, 0.6) is 5.75 Å². The van der Waals surface area contributed by atoms with Crippen molar-refractivity contribution in [1.82, 2.24) is 14.7 Å². The average Bonchev–Trinajstić information content (AvgIpc) is 3.48. The lowest BCUT2D eigenvalue weighted by molar-refractivity contribution is -0.143. The molecule has 2 N–H and O–H groups in total. The van der Waals surface area contributed by atoms with Crippen LogP contribution < -0.4 is 5.32 Å². The molecular weight excluding hydrogens is 616 g/mol. The summed E-state index contributed by atoms with van der Waals surface area (Å²) in [7, 11) is 0. The first-order valence-corrected chi connectivity index (χ1v) is 18.9. The maximum atomic E-state index is 14.0. The van der Waals surface area contributed by atoms with Crippen molar-refractivity contribution >= 4 is 23.6 Å². The highest BCUT2D eigenvalue weighted by molar-refractivity contribution is 5.94. The number of aromatic hydroxyl groups is 1. The number of carbonyl (C=O) groups excluding carboxylic acids is 3. The molecule has 0 bridgehead atoms. The molecule has 2 aromatic carbocycles. The van der Waals surface area contributed by atoms with Gasteiger partial charge in [0.05, 0.1) is 0 Å². The van der Waals surface area contributed by atoms with E-state index in [0.717, 1.165) is 74.0 Å². The van der Waals surface area contributed by atoms with Crippen molar-refractivity contribution < 1.29 is 24.2 Å². The third-order valence-electron chi connectivity index (χ3n) is 11.7. The number of piperazine rings is 1. The number of amides is 3. The second-order valence-corrected chi connectivity index (χ2v) is 15.1. The van der Waals surface area contributed by atoms with E-state index in [1.54, 1.807) is 4.90 Å². The Balaban J connectivity index is 1.03. The summed E-state index contributed by atoms with van der Waals surface area (Å²) in [4.78, 5) is 46.8. The minimum atomic E-state index is -0.920. The molecular formula is C40H56N4O5. The summed E-state index contributed by atoms with van der Waals surface area (Å²) in [6.45, 7) is 7.89. The van der Waals surface area contributed by atoms with E-state index in [2.05, 4.69) is 16.3 Å². The van der Waals surface area contributed by atoms with Crippen LogP contribution in [0.1, 0.15) is 92.9 Å². The van der Waals surface area contributed by atoms with Crippen molar-refractivity contribution in [2.24, 2.45) is 11.8 Å². The molecule has 1 aliphatic carbocycles. The van der Waals surface area contributed by atoms with Crippen molar-refractivity contribution in [3.8, 4) is 5.75 Å². The number of nitrogens with zero attached hydrogens (tertiary/aromatic N) is 3. The van der Waals surface area contributed by atoms with Crippen LogP contribution in [0.4, 0.5) is 10.5 Å². The molecule has 3 heterocycles. The van der Waals surface area contributed by atoms with E-state index in [9.17, 15) is 19.5 Å². The molecule has 0 aromatic heterocycles. The fraction of sp³-hybridized carbons (Fsp3) is 0.625. The van der Waals surface area contributed by atoms with Crippen LogP contribution in [0.3, 0.4) is 0 Å². The summed E-state index contributed by atoms with van der Waals surface area (Å²) in [6.07, 6.45) is 12.0. The highest BCUT2D eigenvalue weighted by Crippen LogP contribution is 2.31. The molecule has 3 fully saturated rings. The normalized spacial score (nSPS) is 22.1. The number of rotatable bonds is 8. The Morgan fingerprint density at radius 3 is 2.22 bits per heavy atom. The lowest BCUT2D eigenvalue weighted by Gasteiger charge is -2.40. The first-order chi connectivity index (χ1) is 23.7. The molecule has 2 aromatic rings. The quantitative estimate of drug-likeness (QED) is 0.306. The lowest BCUT2D eigenvalue weighted by Crippen LogP contribution is -2.55. The molecule has 3 aliphatic heterocycles. The Morgan fingerprint density at radius 1 is 0.857 bits per heavy atom. The van der Waals surface area contributed by atoms with Crippen molar-refractivity contribution in [2.75, 3.05) is 44.6 Å². The Bertz CT molecular complexity index is 1430. The van der Waals surface area contributed by atoms with E-state index in [1.165, 1.54) is 44.1 Å². The fourth-order valence-electron chi connectivity index (χ4n) is 8.56. The van der Waals surface area contributed by atoms with Crippen molar-refractivity contribution in [3.05, 3.63) is 58.7 Å². The average molecular weight is 673 g/mol. The number of likely N-dealkylation sites (tertiary alicyclic amines) is 1. The van der Waals surface area contributed by atoms with Gasteiger partial charge in [-0.05, 0) is 99.5 Å². The minimum Gasteiger partial charge on any atom is -0.507 e. The van der Waals surface area contributed by atoms with E-state index < -0.39 is 12.2 Å². The first-order valence-electron chi connectivity index (χ1n) is 18.9. The maximum absolute atomic E-state index is 14.0. The fourth-order valence-corrected chi connectivity index (χ4v) is 8.56. The smallest absolute Gasteiger partial charge is 0.410 e. The Labute approximate surface area is 292 Å². The zero-order chi connectivity index (χ0) is 34.3. The summed E-state index contributed by atoms with van der Waals surface area (Å²) < 4.78 is 6.09. The number of fused-ring (bicyclic) bond motifs is 1. The highest BCUT2D eigenvalue weighted by atomic mass is 16.6. The number of phenols is 1. The predicted octanol–water partition coefficient (Wildman–Crippen LogP) is 6.62. The Morgan fingerprint density at radius 2 is 1.53 bits per heavy atom. The van der Waals surface area contributed by atoms with Gasteiger partial charge in [0.15, 0.2) is 6.10 Å². The molecule has 2 atom stereocenters. The van der Waals surface area contributed by atoms with E-state index in [1.807, 2.05) is 49.1 Å². The van der Waals surface area contributed by atoms with Gasteiger partial charge in [-0.15, -0.1) is 0 Å². The number of phenolic OH excluding ortho intramolecular Hbond substituents is 1. The second-order valence-electron chi connectivity index (χ2n) is 15.1. The van der Waals surface area contributed by atoms with E-state index in [-0.39, 0.29) is 29.9 Å². The van der Waals surface area contributed by atoms with Gasteiger partial charge in [0.25, 0.3) is 5.91 Å². The van der Waals surface area contributed by atoms with Crippen molar-refractivity contribution in [1.29, 1.82) is 0 Å². The molecule has 266 valence electrons. The SMILES string of the molecule is Cc1cc(C[C@@H](OC(=O)N2CCC(CCC3CCc4ccccc4NC3=O)CC2)C(=O)N2CCN(C3CCCCCC3)CC2)cc(C)c1O. The van der Waals surface area contributed by atoms with E-state index in [4.69, 9.17) is 4.74 Å². The Kier molecular flexibility index (Phi) is 11.8. The zero-order valence-electron chi connectivity index (χ0n) is 29.6. The van der Waals surface area contributed by atoms with E-state index in [0.29, 0.717) is 38.1 Å². The van der Waals surface area contributed by atoms with Gasteiger partial charge in [-0.25, -0.2) is 4.79 Å². The van der Waals surface area contributed by atoms with Crippen LogP contribution in [-0.4, -0.2) is 89.1 Å². The van der Waals surface area contributed by atoms with Crippen LogP contribution in [0, 0.1) is 25.7 Å². The number of piperidine rings is 1. The lowest BCUT2D eigenvalue weighted by atomic mass is 9.87. The van der Waals surface area contributed by atoms with Crippen LogP contribution in [0.25, 0.3) is 0 Å². The number of aryl methyl sites for hydroxylation is 3. The van der Waals surface area contributed by atoms with Gasteiger partial charge in [-0.2, -0.15) is 0 Å². The molecule has 3 amide bonds. The zero-order valence-corrected chi connectivity index (χ0v) is 29.6. The number of carbonyl (C=O) groups is 3. The third-order valence-corrected chi connectivity index (χ3v) is 11.7. The molecule has 4 aliphatic rings. The predicted molar refractivity (Wildman–Crippen MR) is 192 cm³/mol. The van der Waals surface area contributed by atoms with Crippen LogP contribution in [-0.2, 0) is 27.2 Å². The molecule has 2 saturated heterocycles. The topological polar surface area (TPSA) is 102 Å². The third kappa shape index (κ3) is 8.96. The number of hydrogen-bond donors (Lipinski definition) is 2. The van der Waals surface area contributed by atoms with Gasteiger partial charge in [0, 0.05) is 63.3 Å². The van der Waals surface area contributed by atoms with Crippen LogP contribution >= 0.6 is 0 Å². The molecule has 0 radical (unpaired) electrons. The minimum absolute atomic E-state index is 0.00312. The molecule has 9 nitrogen and oxygen atoms in total. The number of nitrogens with one attached hydrogen (secondary N) is 1. The number of ether oxygens (including phenoxy) is 1. The van der Waals surface area contributed by atoms with Gasteiger partial charge < -0.3 is 25.0 Å². The summed E-state index contributed by atoms with van der Waals surface area (Å²) in [5, 5.41) is 13.5. The standard InChI is InChI=1S/C40H56N4O5/c1-28-25-31(26-29(2)37(28)45)27-36(39(47)43-23-21-42(22-24-43)34-10-5-3-4-6-11-34)49-40(48)44-19-17-30(18-20-44)13-14-33-16-15-32-9-7-8-12-35(32)41-38(33)46/h7-9,12,25-26,30,33-34,36,45H,3-6,10-11,13-24,27H2,1-2H3,(H,41,46)/t33?,36-/m1/s1. The second kappa shape index (κ2) is 16.4. The van der Waals surface area contributed by atoms with Crippen LogP contribution in [0.2, 0.25) is 0 Å². The van der Waals surface area contributed by atoms with Gasteiger partial charge in [0.1, 0.15) is 5.75 Å². The number of benzene rings is 2. The van der Waals surface area contributed by atoms with Gasteiger partial charge in [-0.3, -0.25) is 14.5 Å². The summed E-state index contributed by atoms with van der Waals surface area (Å²) in [6, 6.07) is 12.5. The molecule has 9 heteroatoms. The van der Waals surface area contributed by atoms with Crippen molar-refractivity contribution in [3.63, 3.8) is 0 Å². The molecule has 49 heavy (non-hydrogen) atoms.